The SMILES string of the molecule is CC(C)(C)NCCOCCNC(=O)C(CC(=O)C(C)(C)C)NC(C)(C)C. The zero-order chi connectivity index (χ0) is 20.6. The number of rotatable bonds is 10. The van der Waals surface area contributed by atoms with E-state index >= 15 is 0 Å². The molecular formula is C20H41N3O3. The molecule has 0 radical (unpaired) electrons. The number of ketones is 1. The maximum absolute atomic E-state index is 12.5. The Balaban J connectivity index is 4.36. The van der Waals surface area contributed by atoms with Crippen molar-refractivity contribution in [3.05, 3.63) is 0 Å². The second-order valence-corrected chi connectivity index (χ2v) is 9.90. The van der Waals surface area contributed by atoms with Crippen LogP contribution in [0.1, 0.15) is 68.7 Å². The lowest BCUT2D eigenvalue weighted by molar-refractivity contribution is -0.131. The third-order valence-electron chi connectivity index (χ3n) is 3.60. The molecule has 0 fully saturated rings. The molecule has 0 aromatic carbocycles. The van der Waals surface area contributed by atoms with Crippen molar-refractivity contribution < 1.29 is 14.3 Å². The molecule has 0 aromatic heterocycles. The summed E-state index contributed by atoms with van der Waals surface area (Å²) in [5, 5.41) is 9.46. The maximum atomic E-state index is 12.5. The highest BCUT2D eigenvalue weighted by molar-refractivity contribution is 5.91. The van der Waals surface area contributed by atoms with Crippen molar-refractivity contribution in [2.75, 3.05) is 26.3 Å². The van der Waals surface area contributed by atoms with Crippen molar-refractivity contribution in [2.24, 2.45) is 5.41 Å². The summed E-state index contributed by atoms with van der Waals surface area (Å²) in [6.07, 6.45) is 0.183. The van der Waals surface area contributed by atoms with E-state index in [1.807, 2.05) is 41.5 Å². The van der Waals surface area contributed by atoms with Gasteiger partial charge in [0.2, 0.25) is 5.91 Å². The van der Waals surface area contributed by atoms with Crippen LogP contribution in [0.5, 0.6) is 0 Å². The average Bonchev–Trinajstić information content (AvgIpc) is 2.41. The fraction of sp³-hybridized carbons (Fsp3) is 0.900. The van der Waals surface area contributed by atoms with E-state index in [9.17, 15) is 9.59 Å². The van der Waals surface area contributed by atoms with Gasteiger partial charge in [0.1, 0.15) is 5.78 Å². The van der Waals surface area contributed by atoms with E-state index in [1.54, 1.807) is 0 Å². The number of nitrogens with one attached hydrogen (secondary N) is 3. The van der Waals surface area contributed by atoms with Crippen LogP contribution < -0.4 is 16.0 Å². The van der Waals surface area contributed by atoms with Crippen LogP contribution in [0.3, 0.4) is 0 Å². The zero-order valence-corrected chi connectivity index (χ0v) is 18.3. The largest absolute Gasteiger partial charge is 0.378 e. The highest BCUT2D eigenvalue weighted by atomic mass is 16.5. The van der Waals surface area contributed by atoms with E-state index in [0.29, 0.717) is 19.8 Å². The summed E-state index contributed by atoms with van der Waals surface area (Å²) >= 11 is 0. The molecule has 0 aliphatic heterocycles. The number of hydrogen-bond donors (Lipinski definition) is 3. The number of hydrogen-bond acceptors (Lipinski definition) is 5. The number of ether oxygens (including phenoxy) is 1. The van der Waals surface area contributed by atoms with E-state index < -0.39 is 11.5 Å². The topological polar surface area (TPSA) is 79.5 Å². The Bertz CT molecular complexity index is 443. The van der Waals surface area contributed by atoms with Gasteiger partial charge in [0.25, 0.3) is 0 Å². The molecule has 0 spiro atoms. The summed E-state index contributed by atoms with van der Waals surface area (Å²) in [6, 6.07) is -0.538. The highest BCUT2D eigenvalue weighted by Gasteiger charge is 2.30. The first kappa shape index (κ1) is 25.0. The number of amides is 1. The number of carbonyl (C=O) groups is 2. The molecule has 0 saturated heterocycles. The Hall–Kier alpha value is -0.980. The summed E-state index contributed by atoms with van der Waals surface area (Å²) in [7, 11) is 0. The van der Waals surface area contributed by atoms with Crippen molar-refractivity contribution in [2.45, 2.75) is 85.9 Å². The molecule has 6 nitrogen and oxygen atoms in total. The average molecular weight is 372 g/mol. The molecule has 0 aliphatic carbocycles. The first-order valence-electron chi connectivity index (χ1n) is 9.53. The van der Waals surface area contributed by atoms with Gasteiger partial charge in [-0.1, -0.05) is 20.8 Å². The summed E-state index contributed by atoms with van der Waals surface area (Å²) in [5.74, 6) is -0.0900. The van der Waals surface area contributed by atoms with Crippen LogP contribution in [0.4, 0.5) is 0 Å². The minimum Gasteiger partial charge on any atom is -0.378 e. The van der Waals surface area contributed by atoms with Gasteiger partial charge < -0.3 is 20.7 Å². The first-order valence-corrected chi connectivity index (χ1v) is 9.53. The molecule has 0 aliphatic rings. The van der Waals surface area contributed by atoms with Crippen molar-refractivity contribution >= 4 is 11.7 Å². The van der Waals surface area contributed by atoms with E-state index in [2.05, 4.69) is 36.7 Å². The standard InChI is InChI=1S/C20H41N3O3/c1-18(2,3)16(24)14-15(23-20(7,8)9)17(25)21-10-12-26-13-11-22-19(4,5)6/h15,22-23H,10-14H2,1-9H3,(H,21,25). The van der Waals surface area contributed by atoms with Crippen molar-refractivity contribution in [1.29, 1.82) is 0 Å². The van der Waals surface area contributed by atoms with Gasteiger partial charge in [-0.2, -0.15) is 0 Å². The minimum absolute atomic E-state index is 0.0684. The van der Waals surface area contributed by atoms with Crippen LogP contribution in [-0.2, 0) is 14.3 Å². The van der Waals surface area contributed by atoms with Crippen molar-refractivity contribution in [3.8, 4) is 0 Å². The fourth-order valence-electron chi connectivity index (χ4n) is 2.19. The highest BCUT2D eigenvalue weighted by Crippen LogP contribution is 2.18. The third-order valence-corrected chi connectivity index (χ3v) is 3.60. The Morgan fingerprint density at radius 2 is 1.38 bits per heavy atom. The quantitative estimate of drug-likeness (QED) is 0.513. The molecule has 3 N–H and O–H groups in total. The molecule has 6 heteroatoms. The van der Waals surface area contributed by atoms with Crippen LogP contribution in [0, 0.1) is 5.41 Å². The lowest BCUT2D eigenvalue weighted by Crippen LogP contribution is -2.53. The van der Waals surface area contributed by atoms with Crippen LogP contribution in [0.2, 0.25) is 0 Å². The Morgan fingerprint density at radius 3 is 1.85 bits per heavy atom. The Kier molecular flexibility index (Phi) is 9.99. The number of carbonyl (C=O) groups excluding carboxylic acids is 2. The van der Waals surface area contributed by atoms with Gasteiger partial charge in [0, 0.05) is 36.0 Å². The summed E-state index contributed by atoms with van der Waals surface area (Å²) < 4.78 is 5.53. The molecule has 0 heterocycles. The molecule has 154 valence electrons. The van der Waals surface area contributed by atoms with E-state index in [1.165, 1.54) is 0 Å². The summed E-state index contributed by atoms with van der Waals surface area (Å²) in [5.41, 5.74) is -0.639. The van der Waals surface area contributed by atoms with E-state index in [4.69, 9.17) is 4.74 Å². The second-order valence-electron chi connectivity index (χ2n) is 9.90. The van der Waals surface area contributed by atoms with Gasteiger partial charge in [-0.05, 0) is 41.5 Å². The van der Waals surface area contributed by atoms with Crippen LogP contribution >= 0.6 is 0 Å². The van der Waals surface area contributed by atoms with Gasteiger partial charge >= 0.3 is 0 Å². The van der Waals surface area contributed by atoms with Crippen LogP contribution in [0.15, 0.2) is 0 Å². The smallest absolute Gasteiger partial charge is 0.237 e. The van der Waals surface area contributed by atoms with Crippen molar-refractivity contribution in [1.82, 2.24) is 16.0 Å². The molecule has 0 rings (SSSR count). The molecular weight excluding hydrogens is 330 g/mol. The molecule has 26 heavy (non-hydrogen) atoms. The lowest BCUT2D eigenvalue weighted by Gasteiger charge is -2.29. The van der Waals surface area contributed by atoms with Crippen LogP contribution in [-0.4, -0.2) is 55.1 Å². The molecule has 0 bridgehead atoms. The number of Topliss-reactive ketones (excluding diaryl/α,β-unsaturated/α-hetero) is 1. The lowest BCUT2D eigenvalue weighted by atomic mass is 9.86. The molecule has 0 aromatic rings. The third kappa shape index (κ3) is 13.3. The maximum Gasteiger partial charge on any atom is 0.237 e. The Morgan fingerprint density at radius 1 is 0.846 bits per heavy atom. The summed E-state index contributed by atoms with van der Waals surface area (Å²) in [6.45, 7) is 20.2. The normalized spacial score (nSPS) is 14.2. The fourth-order valence-corrected chi connectivity index (χ4v) is 2.19. The van der Waals surface area contributed by atoms with Gasteiger partial charge in [-0.3, -0.25) is 9.59 Å². The van der Waals surface area contributed by atoms with Gasteiger partial charge in [-0.25, -0.2) is 0 Å². The predicted octanol–water partition coefficient (Wildman–Crippen LogP) is 2.27. The Labute approximate surface area is 160 Å². The second kappa shape index (κ2) is 10.4. The zero-order valence-electron chi connectivity index (χ0n) is 18.3. The van der Waals surface area contributed by atoms with Gasteiger partial charge in [-0.15, -0.1) is 0 Å². The van der Waals surface area contributed by atoms with Gasteiger partial charge in [0.05, 0.1) is 19.3 Å². The summed E-state index contributed by atoms with van der Waals surface area (Å²) in [4.78, 5) is 24.9. The van der Waals surface area contributed by atoms with E-state index in [-0.39, 0.29) is 29.2 Å². The predicted molar refractivity (Wildman–Crippen MR) is 107 cm³/mol. The monoisotopic (exact) mass is 371 g/mol. The molecule has 1 amide bonds. The van der Waals surface area contributed by atoms with Gasteiger partial charge in [0.15, 0.2) is 0 Å². The molecule has 1 atom stereocenters. The molecule has 0 saturated carbocycles. The van der Waals surface area contributed by atoms with Crippen molar-refractivity contribution in [3.63, 3.8) is 0 Å². The van der Waals surface area contributed by atoms with E-state index in [0.717, 1.165) is 6.54 Å². The van der Waals surface area contributed by atoms with Crippen LogP contribution in [0.25, 0.3) is 0 Å². The minimum atomic E-state index is -0.538. The molecule has 1 unspecified atom stereocenters. The first-order chi connectivity index (χ1) is 11.6.